The van der Waals surface area contributed by atoms with Crippen LogP contribution < -0.4 is 9.47 Å². The van der Waals surface area contributed by atoms with Gasteiger partial charge in [-0.1, -0.05) is 0 Å². The number of halogens is 1. The average molecular weight is 392 g/mol. The molecular formula is C23H17FO3S. The number of hydrogen-bond acceptors (Lipinski definition) is 4. The number of rotatable bonds is 5. The SMILES string of the molecule is COc1ccc(-c2sc3cc(OC)ccc3c2C(=O)c2ccc(F)cc2)cc1. The van der Waals surface area contributed by atoms with Crippen molar-refractivity contribution in [3.8, 4) is 21.9 Å². The van der Waals surface area contributed by atoms with Gasteiger partial charge in [-0.15, -0.1) is 11.3 Å². The van der Waals surface area contributed by atoms with Gasteiger partial charge in [0.25, 0.3) is 0 Å². The predicted molar refractivity (Wildman–Crippen MR) is 110 cm³/mol. The summed E-state index contributed by atoms with van der Waals surface area (Å²) >= 11 is 1.53. The Bertz CT molecular complexity index is 1150. The second-order valence-electron chi connectivity index (χ2n) is 6.23. The van der Waals surface area contributed by atoms with Gasteiger partial charge < -0.3 is 9.47 Å². The Morgan fingerprint density at radius 1 is 0.857 bits per heavy atom. The van der Waals surface area contributed by atoms with Crippen LogP contribution in [0.1, 0.15) is 15.9 Å². The van der Waals surface area contributed by atoms with Gasteiger partial charge in [-0.2, -0.15) is 0 Å². The van der Waals surface area contributed by atoms with Crippen molar-refractivity contribution in [3.05, 3.63) is 83.7 Å². The molecule has 140 valence electrons. The van der Waals surface area contributed by atoms with Crippen LogP contribution in [0.5, 0.6) is 11.5 Å². The van der Waals surface area contributed by atoms with E-state index in [9.17, 15) is 9.18 Å². The zero-order valence-electron chi connectivity index (χ0n) is 15.4. The monoisotopic (exact) mass is 392 g/mol. The third kappa shape index (κ3) is 3.25. The van der Waals surface area contributed by atoms with Crippen LogP contribution in [0, 0.1) is 5.82 Å². The summed E-state index contributed by atoms with van der Waals surface area (Å²) in [4.78, 5) is 14.2. The summed E-state index contributed by atoms with van der Waals surface area (Å²) in [6.07, 6.45) is 0. The Morgan fingerprint density at radius 3 is 2.14 bits per heavy atom. The molecule has 0 unspecified atom stereocenters. The number of ether oxygens (including phenoxy) is 2. The predicted octanol–water partition coefficient (Wildman–Crippen LogP) is 5.96. The molecule has 4 aromatic rings. The van der Waals surface area contributed by atoms with Crippen molar-refractivity contribution in [2.24, 2.45) is 0 Å². The number of hydrogen-bond donors (Lipinski definition) is 0. The Hall–Kier alpha value is -3.18. The molecule has 0 fully saturated rings. The zero-order chi connectivity index (χ0) is 19.7. The summed E-state index contributed by atoms with van der Waals surface area (Å²) < 4.78 is 24.8. The molecule has 0 aliphatic rings. The van der Waals surface area contributed by atoms with Crippen molar-refractivity contribution in [2.45, 2.75) is 0 Å². The lowest BCUT2D eigenvalue weighted by atomic mass is 9.97. The molecule has 5 heteroatoms. The molecule has 3 nitrogen and oxygen atoms in total. The van der Waals surface area contributed by atoms with E-state index in [4.69, 9.17) is 9.47 Å². The average Bonchev–Trinajstić information content (AvgIpc) is 3.12. The van der Waals surface area contributed by atoms with Crippen molar-refractivity contribution in [2.75, 3.05) is 14.2 Å². The Balaban J connectivity index is 1.92. The topological polar surface area (TPSA) is 35.5 Å². The maximum Gasteiger partial charge on any atom is 0.195 e. The number of ketones is 1. The summed E-state index contributed by atoms with van der Waals surface area (Å²) in [5.74, 6) is 0.975. The summed E-state index contributed by atoms with van der Waals surface area (Å²) in [5, 5.41) is 0.853. The lowest BCUT2D eigenvalue weighted by molar-refractivity contribution is 0.104. The van der Waals surface area contributed by atoms with Crippen LogP contribution in [-0.4, -0.2) is 20.0 Å². The first kappa shape index (κ1) is 18.2. The standard InChI is InChI=1S/C23H17FO3S/c1-26-17-9-5-15(6-10-17)23-21(22(25)14-3-7-16(24)8-4-14)19-12-11-18(27-2)13-20(19)28-23/h3-13H,1-2H3. The van der Waals surface area contributed by atoms with Gasteiger partial charge >= 0.3 is 0 Å². The number of carbonyl (C=O) groups is 1. The van der Waals surface area contributed by atoms with E-state index < -0.39 is 0 Å². The molecule has 0 bridgehead atoms. The summed E-state index contributed by atoms with van der Waals surface area (Å²) in [5.41, 5.74) is 1.98. The van der Waals surface area contributed by atoms with Crippen molar-refractivity contribution in [1.82, 2.24) is 0 Å². The smallest absolute Gasteiger partial charge is 0.195 e. The third-order valence-corrected chi connectivity index (χ3v) is 5.78. The number of carbonyl (C=O) groups excluding carboxylic acids is 1. The highest BCUT2D eigenvalue weighted by atomic mass is 32.1. The molecule has 0 radical (unpaired) electrons. The maximum atomic E-state index is 13.3. The lowest BCUT2D eigenvalue weighted by Gasteiger charge is -2.06. The first-order chi connectivity index (χ1) is 13.6. The van der Waals surface area contributed by atoms with Crippen molar-refractivity contribution in [3.63, 3.8) is 0 Å². The second kappa shape index (κ2) is 7.44. The first-order valence-electron chi connectivity index (χ1n) is 8.66. The van der Waals surface area contributed by atoms with Crippen LogP contribution in [-0.2, 0) is 0 Å². The van der Waals surface area contributed by atoms with Crippen LogP contribution in [0.3, 0.4) is 0 Å². The number of thiophene rings is 1. The fourth-order valence-corrected chi connectivity index (χ4v) is 4.35. The molecule has 0 saturated carbocycles. The third-order valence-electron chi connectivity index (χ3n) is 4.58. The van der Waals surface area contributed by atoms with Crippen molar-refractivity contribution >= 4 is 27.2 Å². The summed E-state index contributed by atoms with van der Waals surface area (Å²) in [6, 6.07) is 18.9. The van der Waals surface area contributed by atoms with Crippen LogP contribution in [0.2, 0.25) is 0 Å². The summed E-state index contributed by atoms with van der Waals surface area (Å²) in [7, 11) is 3.23. The molecule has 0 aliphatic carbocycles. The first-order valence-corrected chi connectivity index (χ1v) is 9.47. The molecule has 1 aromatic heterocycles. The van der Waals surface area contributed by atoms with E-state index in [1.165, 1.54) is 35.6 Å². The fraction of sp³-hybridized carbons (Fsp3) is 0.0870. The quantitative estimate of drug-likeness (QED) is 0.393. The van der Waals surface area contributed by atoms with E-state index in [0.717, 1.165) is 32.0 Å². The highest BCUT2D eigenvalue weighted by Crippen LogP contribution is 2.41. The van der Waals surface area contributed by atoms with Crippen LogP contribution in [0.25, 0.3) is 20.5 Å². The van der Waals surface area contributed by atoms with Gasteiger partial charge in [-0.05, 0) is 72.3 Å². The van der Waals surface area contributed by atoms with Crippen molar-refractivity contribution < 1.29 is 18.7 Å². The molecule has 0 N–H and O–H groups in total. The van der Waals surface area contributed by atoms with Gasteiger partial charge in [0.2, 0.25) is 0 Å². The molecule has 0 aliphatic heterocycles. The molecular weight excluding hydrogens is 375 g/mol. The van der Waals surface area contributed by atoms with Gasteiger partial charge in [0, 0.05) is 26.1 Å². The molecule has 0 saturated heterocycles. The van der Waals surface area contributed by atoms with Crippen molar-refractivity contribution in [1.29, 1.82) is 0 Å². The molecule has 0 amide bonds. The van der Waals surface area contributed by atoms with E-state index in [1.807, 2.05) is 42.5 Å². The minimum atomic E-state index is -0.369. The van der Waals surface area contributed by atoms with Crippen LogP contribution in [0.15, 0.2) is 66.7 Å². The number of benzene rings is 3. The molecule has 0 atom stereocenters. The fourth-order valence-electron chi connectivity index (χ4n) is 3.12. The molecule has 0 spiro atoms. The van der Waals surface area contributed by atoms with E-state index in [1.54, 1.807) is 14.2 Å². The van der Waals surface area contributed by atoms with Crippen LogP contribution in [0.4, 0.5) is 4.39 Å². The van der Waals surface area contributed by atoms with E-state index >= 15 is 0 Å². The molecule has 4 rings (SSSR count). The Morgan fingerprint density at radius 2 is 1.50 bits per heavy atom. The number of fused-ring (bicyclic) bond motifs is 1. The second-order valence-corrected chi connectivity index (χ2v) is 7.28. The number of methoxy groups -OCH3 is 2. The van der Waals surface area contributed by atoms with Gasteiger partial charge in [-0.3, -0.25) is 4.79 Å². The van der Waals surface area contributed by atoms with Crippen LogP contribution >= 0.6 is 11.3 Å². The highest BCUT2D eigenvalue weighted by Gasteiger charge is 2.22. The normalized spacial score (nSPS) is 10.8. The molecule has 1 heterocycles. The largest absolute Gasteiger partial charge is 0.497 e. The summed E-state index contributed by atoms with van der Waals surface area (Å²) in [6.45, 7) is 0. The van der Waals surface area contributed by atoms with Gasteiger partial charge in [0.15, 0.2) is 5.78 Å². The van der Waals surface area contributed by atoms with E-state index in [2.05, 4.69) is 0 Å². The maximum absolute atomic E-state index is 13.3. The molecule has 28 heavy (non-hydrogen) atoms. The minimum Gasteiger partial charge on any atom is -0.497 e. The van der Waals surface area contributed by atoms with Gasteiger partial charge in [-0.25, -0.2) is 4.39 Å². The van der Waals surface area contributed by atoms with E-state index in [0.29, 0.717) is 11.1 Å². The highest BCUT2D eigenvalue weighted by molar-refractivity contribution is 7.22. The molecule has 3 aromatic carbocycles. The Labute approximate surface area is 166 Å². The van der Waals surface area contributed by atoms with Gasteiger partial charge in [0.05, 0.1) is 14.2 Å². The van der Waals surface area contributed by atoms with E-state index in [-0.39, 0.29) is 11.6 Å². The zero-order valence-corrected chi connectivity index (χ0v) is 16.2. The lowest BCUT2D eigenvalue weighted by Crippen LogP contribution is -2.02. The Kier molecular flexibility index (Phi) is 4.84. The minimum absolute atomic E-state index is 0.137. The van der Waals surface area contributed by atoms with Gasteiger partial charge in [0.1, 0.15) is 17.3 Å².